The Morgan fingerprint density at radius 2 is 2.05 bits per heavy atom. The molecule has 7 heteroatoms. The number of carbonyl (C=O) groups is 2. The molecule has 0 atom stereocenters. The molecule has 1 saturated heterocycles. The Hall–Kier alpha value is -2.80. The number of nitrogens with zero attached hydrogens (tertiary/aromatic N) is 1. The van der Waals surface area contributed by atoms with Gasteiger partial charge in [-0.25, -0.2) is 9.79 Å². The number of carbonyl (C=O) groups excluding carboxylic acids is 1. The summed E-state index contributed by atoms with van der Waals surface area (Å²) in [4.78, 5) is 30.8. The first kappa shape index (κ1) is 14.2. The van der Waals surface area contributed by atoms with Crippen molar-refractivity contribution in [2.75, 3.05) is 0 Å². The number of H-pyrrole nitrogens is 1. The molecule has 2 heterocycles. The molecule has 1 aliphatic rings. The Bertz CT molecular complexity index is 794. The van der Waals surface area contributed by atoms with Crippen LogP contribution in [-0.4, -0.2) is 27.1 Å². The van der Waals surface area contributed by atoms with E-state index in [0.29, 0.717) is 15.8 Å². The number of carboxylic acid groups (broad SMARTS) is 1. The topological polar surface area (TPSA) is 94.6 Å². The predicted octanol–water partition coefficient (Wildman–Crippen LogP) is 2.60. The number of aromatic nitrogens is 1. The number of aromatic carboxylic acids is 1. The minimum atomic E-state index is -1.06. The number of hydrogen-bond acceptors (Lipinski definition) is 4. The molecule has 0 aliphatic carbocycles. The Morgan fingerprint density at radius 3 is 2.77 bits per heavy atom. The van der Waals surface area contributed by atoms with Gasteiger partial charge in [-0.3, -0.25) is 4.79 Å². The minimum absolute atomic E-state index is 0.0895. The second-order valence-electron chi connectivity index (χ2n) is 4.43. The van der Waals surface area contributed by atoms with E-state index in [-0.39, 0.29) is 11.5 Å². The third-order valence-corrected chi connectivity index (χ3v) is 3.83. The molecule has 1 fully saturated rings. The predicted molar refractivity (Wildman–Crippen MR) is 85.0 cm³/mol. The first-order chi connectivity index (χ1) is 10.6. The van der Waals surface area contributed by atoms with Gasteiger partial charge < -0.3 is 15.4 Å². The van der Waals surface area contributed by atoms with Crippen molar-refractivity contribution in [2.45, 2.75) is 0 Å². The fourth-order valence-electron chi connectivity index (χ4n) is 1.92. The molecule has 1 aromatic heterocycles. The highest BCUT2D eigenvalue weighted by atomic mass is 32.2. The number of aromatic amines is 1. The van der Waals surface area contributed by atoms with Crippen molar-refractivity contribution in [2.24, 2.45) is 4.99 Å². The van der Waals surface area contributed by atoms with Gasteiger partial charge in [0.25, 0.3) is 5.91 Å². The number of hydrogen-bond donors (Lipinski definition) is 3. The van der Waals surface area contributed by atoms with Crippen LogP contribution in [-0.2, 0) is 4.79 Å². The highest BCUT2D eigenvalue weighted by molar-refractivity contribution is 8.18. The fraction of sp³-hybridized carbons (Fsp3) is 0. The number of thioether (sulfide) groups is 1. The van der Waals surface area contributed by atoms with E-state index >= 15 is 0 Å². The third-order valence-electron chi connectivity index (χ3n) is 2.92. The lowest BCUT2D eigenvalue weighted by molar-refractivity contribution is -0.115. The fourth-order valence-corrected chi connectivity index (χ4v) is 2.74. The van der Waals surface area contributed by atoms with Crippen LogP contribution >= 0.6 is 11.8 Å². The molecule has 0 saturated carbocycles. The number of amidine groups is 1. The SMILES string of the molecule is O=C1NC(=Nc2ccccc2C(=O)O)SC1=Cc1ccc[nH]1. The van der Waals surface area contributed by atoms with E-state index in [1.165, 1.54) is 17.8 Å². The quantitative estimate of drug-likeness (QED) is 0.759. The number of amides is 1. The molecular formula is C15H11N3O3S. The Morgan fingerprint density at radius 1 is 1.23 bits per heavy atom. The Balaban J connectivity index is 1.89. The zero-order chi connectivity index (χ0) is 15.5. The van der Waals surface area contributed by atoms with Gasteiger partial charge in [0.05, 0.1) is 16.2 Å². The second-order valence-corrected chi connectivity index (χ2v) is 5.46. The van der Waals surface area contributed by atoms with Crippen molar-refractivity contribution in [3.63, 3.8) is 0 Å². The van der Waals surface area contributed by atoms with Crippen LogP contribution < -0.4 is 5.32 Å². The van der Waals surface area contributed by atoms with E-state index in [0.717, 1.165) is 5.69 Å². The van der Waals surface area contributed by atoms with Gasteiger partial charge in [0, 0.05) is 11.9 Å². The lowest BCUT2D eigenvalue weighted by Crippen LogP contribution is -2.19. The summed E-state index contributed by atoms with van der Waals surface area (Å²) < 4.78 is 0. The molecule has 0 bridgehead atoms. The van der Waals surface area contributed by atoms with Crippen LogP contribution in [0.4, 0.5) is 5.69 Å². The van der Waals surface area contributed by atoms with Gasteiger partial charge in [-0.15, -0.1) is 0 Å². The van der Waals surface area contributed by atoms with E-state index in [4.69, 9.17) is 5.11 Å². The van der Waals surface area contributed by atoms with Crippen LogP contribution in [0.1, 0.15) is 16.1 Å². The van der Waals surface area contributed by atoms with Crippen molar-refractivity contribution in [1.82, 2.24) is 10.3 Å². The number of para-hydroxylation sites is 1. The number of benzene rings is 1. The monoisotopic (exact) mass is 313 g/mol. The molecule has 2 aromatic rings. The van der Waals surface area contributed by atoms with Crippen LogP contribution in [0.5, 0.6) is 0 Å². The van der Waals surface area contributed by atoms with Crippen molar-refractivity contribution in [3.8, 4) is 0 Å². The lowest BCUT2D eigenvalue weighted by atomic mass is 10.2. The largest absolute Gasteiger partial charge is 0.478 e. The third kappa shape index (κ3) is 2.94. The first-order valence-corrected chi connectivity index (χ1v) is 7.20. The average molecular weight is 313 g/mol. The highest BCUT2D eigenvalue weighted by Crippen LogP contribution is 2.28. The molecule has 3 N–H and O–H groups in total. The number of rotatable bonds is 3. The van der Waals surface area contributed by atoms with E-state index in [1.807, 2.05) is 12.1 Å². The zero-order valence-corrected chi connectivity index (χ0v) is 12.1. The smallest absolute Gasteiger partial charge is 0.337 e. The molecule has 3 rings (SSSR count). The maximum absolute atomic E-state index is 11.9. The summed E-state index contributed by atoms with van der Waals surface area (Å²) in [6, 6.07) is 10.1. The molecule has 110 valence electrons. The van der Waals surface area contributed by atoms with Gasteiger partial charge in [0.15, 0.2) is 5.17 Å². The van der Waals surface area contributed by atoms with Crippen molar-refractivity contribution in [3.05, 3.63) is 58.8 Å². The lowest BCUT2D eigenvalue weighted by Gasteiger charge is -2.00. The summed E-state index contributed by atoms with van der Waals surface area (Å²) in [5.74, 6) is -1.32. The number of carboxylic acids is 1. The molecule has 1 aliphatic heterocycles. The average Bonchev–Trinajstić information content (AvgIpc) is 3.10. The molecule has 6 nitrogen and oxygen atoms in total. The van der Waals surface area contributed by atoms with Crippen LogP contribution in [0.15, 0.2) is 52.5 Å². The van der Waals surface area contributed by atoms with Crippen molar-refractivity contribution in [1.29, 1.82) is 0 Å². The summed E-state index contributed by atoms with van der Waals surface area (Å²) >= 11 is 1.17. The zero-order valence-electron chi connectivity index (χ0n) is 11.2. The molecule has 0 unspecified atom stereocenters. The van der Waals surface area contributed by atoms with E-state index in [1.54, 1.807) is 30.5 Å². The molecule has 22 heavy (non-hydrogen) atoms. The molecule has 1 aromatic carbocycles. The second kappa shape index (κ2) is 5.90. The highest BCUT2D eigenvalue weighted by Gasteiger charge is 2.24. The number of nitrogens with one attached hydrogen (secondary N) is 2. The maximum atomic E-state index is 11.9. The maximum Gasteiger partial charge on any atom is 0.337 e. The van der Waals surface area contributed by atoms with Gasteiger partial charge in [0.2, 0.25) is 0 Å². The van der Waals surface area contributed by atoms with Crippen LogP contribution in [0, 0.1) is 0 Å². The van der Waals surface area contributed by atoms with Gasteiger partial charge in [-0.05, 0) is 42.1 Å². The van der Waals surface area contributed by atoms with Crippen LogP contribution in [0.25, 0.3) is 6.08 Å². The van der Waals surface area contributed by atoms with Gasteiger partial charge in [-0.1, -0.05) is 12.1 Å². The van der Waals surface area contributed by atoms with Gasteiger partial charge in [0.1, 0.15) is 0 Å². The van der Waals surface area contributed by atoms with Gasteiger partial charge >= 0.3 is 5.97 Å². The minimum Gasteiger partial charge on any atom is -0.478 e. The molecule has 1 amide bonds. The number of aliphatic imine (C=N–C) groups is 1. The molecule has 0 radical (unpaired) electrons. The molecular weight excluding hydrogens is 302 g/mol. The van der Waals surface area contributed by atoms with E-state index in [2.05, 4.69) is 15.3 Å². The normalized spacial score (nSPS) is 17.9. The van der Waals surface area contributed by atoms with E-state index < -0.39 is 5.97 Å². The summed E-state index contributed by atoms with van der Waals surface area (Å²) in [7, 11) is 0. The van der Waals surface area contributed by atoms with E-state index in [9.17, 15) is 9.59 Å². The summed E-state index contributed by atoms with van der Waals surface area (Å²) in [5, 5.41) is 12.1. The molecule has 0 spiro atoms. The van der Waals surface area contributed by atoms with Gasteiger partial charge in [-0.2, -0.15) is 0 Å². The first-order valence-electron chi connectivity index (χ1n) is 6.39. The Labute approximate surface area is 130 Å². The standard InChI is InChI=1S/C15H11N3O3S/c19-13-12(8-9-4-3-7-16-9)22-15(18-13)17-11-6-2-1-5-10(11)14(20)21/h1-8,16H,(H,20,21)(H,17,18,19). The summed E-state index contributed by atoms with van der Waals surface area (Å²) in [6.07, 6.45) is 3.48. The summed E-state index contributed by atoms with van der Waals surface area (Å²) in [6.45, 7) is 0. The van der Waals surface area contributed by atoms with Crippen molar-refractivity contribution < 1.29 is 14.7 Å². The van der Waals surface area contributed by atoms with Crippen molar-refractivity contribution >= 4 is 40.6 Å². The Kier molecular flexibility index (Phi) is 3.80. The van der Waals surface area contributed by atoms with Crippen LogP contribution in [0.3, 0.4) is 0 Å². The summed E-state index contributed by atoms with van der Waals surface area (Å²) in [5.41, 5.74) is 1.20. The van der Waals surface area contributed by atoms with Crippen LogP contribution in [0.2, 0.25) is 0 Å².